The Morgan fingerprint density at radius 2 is 2.11 bits per heavy atom. The van der Waals surface area contributed by atoms with Crippen molar-refractivity contribution >= 4 is 23.6 Å². The lowest BCUT2D eigenvalue weighted by atomic mass is 10.2. The van der Waals surface area contributed by atoms with E-state index < -0.39 is 0 Å². The van der Waals surface area contributed by atoms with Crippen molar-refractivity contribution in [2.75, 3.05) is 12.2 Å². The number of rotatable bonds is 3. The number of benzene rings is 1. The summed E-state index contributed by atoms with van der Waals surface area (Å²) >= 11 is 6.12. The summed E-state index contributed by atoms with van der Waals surface area (Å²) in [6, 6.07) is 9.03. The van der Waals surface area contributed by atoms with E-state index in [2.05, 4.69) is 15.5 Å². The molecule has 0 bridgehead atoms. The zero-order chi connectivity index (χ0) is 13.1. The fourth-order valence-corrected chi connectivity index (χ4v) is 1.83. The van der Waals surface area contributed by atoms with Gasteiger partial charge in [-0.3, -0.25) is 5.43 Å². The third-order valence-corrected chi connectivity index (χ3v) is 2.87. The second-order valence-electron chi connectivity index (χ2n) is 3.81. The van der Waals surface area contributed by atoms with Gasteiger partial charge in [0, 0.05) is 17.8 Å². The highest BCUT2D eigenvalue weighted by Gasteiger charge is 2.15. The molecule has 0 aliphatic carbocycles. The van der Waals surface area contributed by atoms with Crippen LogP contribution in [0, 0.1) is 0 Å². The number of nitrogens with one attached hydrogen (secondary N) is 1. The summed E-state index contributed by atoms with van der Waals surface area (Å²) in [6.07, 6.45) is 3.30. The normalized spacial score (nSPS) is 12.9. The lowest BCUT2D eigenvalue weighted by Crippen LogP contribution is -1.93. The smallest absolute Gasteiger partial charge is 0.231 e. The molecule has 1 N–H and O–H groups in total. The lowest BCUT2D eigenvalue weighted by Gasteiger charge is -2.01. The quantitative estimate of drug-likeness (QED) is 0.691. The third-order valence-electron chi connectivity index (χ3n) is 2.54. The molecule has 1 aromatic carbocycles. The molecular weight excluding hydrogens is 266 g/mol. The van der Waals surface area contributed by atoms with Gasteiger partial charge >= 0.3 is 0 Å². The molecule has 0 radical (unpaired) electrons. The molecule has 5 nitrogen and oxygen atoms in total. The Balaban J connectivity index is 1.76. The summed E-state index contributed by atoms with van der Waals surface area (Å²) in [5.74, 6) is 1.99. The first-order valence-corrected chi connectivity index (χ1v) is 6.00. The molecule has 1 aromatic heterocycles. The van der Waals surface area contributed by atoms with Gasteiger partial charge < -0.3 is 9.47 Å². The van der Waals surface area contributed by atoms with Gasteiger partial charge in [0.2, 0.25) is 6.79 Å². The summed E-state index contributed by atoms with van der Waals surface area (Å²) in [4.78, 5) is 4.09. The molecule has 6 heteroatoms. The van der Waals surface area contributed by atoms with E-state index in [0.29, 0.717) is 22.3 Å². The highest BCUT2D eigenvalue weighted by molar-refractivity contribution is 6.33. The van der Waals surface area contributed by atoms with Crippen LogP contribution in [-0.2, 0) is 0 Å². The lowest BCUT2D eigenvalue weighted by molar-refractivity contribution is 0.174. The Labute approximate surface area is 114 Å². The Morgan fingerprint density at radius 3 is 2.89 bits per heavy atom. The Morgan fingerprint density at radius 1 is 1.26 bits per heavy atom. The Hall–Kier alpha value is -2.27. The highest BCUT2D eigenvalue weighted by atomic mass is 35.5. The average molecular weight is 276 g/mol. The molecule has 19 heavy (non-hydrogen) atoms. The highest BCUT2D eigenvalue weighted by Crippen LogP contribution is 2.36. The molecule has 2 aromatic rings. The van der Waals surface area contributed by atoms with E-state index in [4.69, 9.17) is 21.1 Å². The molecule has 1 aliphatic heterocycles. The first-order chi connectivity index (χ1) is 9.33. The maximum Gasteiger partial charge on any atom is 0.231 e. The van der Waals surface area contributed by atoms with E-state index in [0.717, 1.165) is 5.56 Å². The zero-order valence-electron chi connectivity index (χ0n) is 9.84. The molecule has 0 spiro atoms. The van der Waals surface area contributed by atoms with Gasteiger partial charge in [0.15, 0.2) is 11.5 Å². The van der Waals surface area contributed by atoms with Gasteiger partial charge in [-0.25, -0.2) is 4.98 Å². The van der Waals surface area contributed by atoms with Crippen molar-refractivity contribution in [1.29, 1.82) is 0 Å². The SMILES string of the molecule is Clc1cc2c(cc1/C=N\Nc1ccccn1)OCO2. The summed E-state index contributed by atoms with van der Waals surface area (Å²) < 4.78 is 10.5. The van der Waals surface area contributed by atoms with Gasteiger partial charge in [0.25, 0.3) is 0 Å². The number of hydrogen-bond acceptors (Lipinski definition) is 5. The summed E-state index contributed by atoms with van der Waals surface area (Å²) in [7, 11) is 0. The average Bonchev–Trinajstić information content (AvgIpc) is 2.87. The largest absolute Gasteiger partial charge is 0.454 e. The van der Waals surface area contributed by atoms with Crippen LogP contribution >= 0.6 is 11.6 Å². The van der Waals surface area contributed by atoms with Gasteiger partial charge in [0.1, 0.15) is 5.82 Å². The summed E-state index contributed by atoms with van der Waals surface area (Å²) in [6.45, 7) is 0.221. The number of aromatic nitrogens is 1. The first kappa shape index (κ1) is 11.8. The van der Waals surface area contributed by atoms with Crippen LogP contribution in [0.5, 0.6) is 11.5 Å². The van der Waals surface area contributed by atoms with E-state index in [1.54, 1.807) is 24.5 Å². The summed E-state index contributed by atoms with van der Waals surface area (Å²) in [5.41, 5.74) is 3.56. The van der Waals surface area contributed by atoms with E-state index in [1.165, 1.54) is 0 Å². The second-order valence-corrected chi connectivity index (χ2v) is 4.22. The number of anilines is 1. The van der Waals surface area contributed by atoms with E-state index in [-0.39, 0.29) is 6.79 Å². The molecule has 0 unspecified atom stereocenters. The predicted octanol–water partition coefficient (Wildman–Crippen LogP) is 2.91. The molecule has 96 valence electrons. The minimum atomic E-state index is 0.221. The van der Waals surface area contributed by atoms with Gasteiger partial charge in [-0.05, 0) is 18.2 Å². The van der Waals surface area contributed by atoms with Crippen LogP contribution in [0.2, 0.25) is 5.02 Å². The van der Waals surface area contributed by atoms with Crippen molar-refractivity contribution in [1.82, 2.24) is 4.98 Å². The van der Waals surface area contributed by atoms with E-state index in [9.17, 15) is 0 Å². The maximum atomic E-state index is 6.12. The fourth-order valence-electron chi connectivity index (χ4n) is 1.63. The van der Waals surface area contributed by atoms with E-state index in [1.807, 2.05) is 18.2 Å². The van der Waals surface area contributed by atoms with Crippen molar-refractivity contribution in [2.45, 2.75) is 0 Å². The molecule has 0 amide bonds. The van der Waals surface area contributed by atoms with E-state index >= 15 is 0 Å². The monoisotopic (exact) mass is 275 g/mol. The first-order valence-electron chi connectivity index (χ1n) is 5.62. The van der Waals surface area contributed by atoms with Crippen molar-refractivity contribution < 1.29 is 9.47 Å². The number of halogens is 1. The maximum absolute atomic E-state index is 6.12. The second kappa shape index (κ2) is 5.16. The zero-order valence-corrected chi connectivity index (χ0v) is 10.6. The van der Waals surface area contributed by atoms with Crippen molar-refractivity contribution in [3.05, 3.63) is 47.1 Å². The summed E-state index contributed by atoms with van der Waals surface area (Å²) in [5, 5.41) is 4.63. The van der Waals surface area contributed by atoms with Crippen molar-refractivity contribution in [3.63, 3.8) is 0 Å². The molecule has 3 rings (SSSR count). The van der Waals surface area contributed by atoms with Gasteiger partial charge in [-0.1, -0.05) is 17.7 Å². The topological polar surface area (TPSA) is 55.7 Å². The number of fused-ring (bicyclic) bond motifs is 1. The van der Waals surface area contributed by atoms with Crippen LogP contribution < -0.4 is 14.9 Å². The van der Waals surface area contributed by atoms with Gasteiger partial charge in [-0.15, -0.1) is 0 Å². The standard InChI is InChI=1S/C13H10ClN3O2/c14-10-6-12-11(18-8-19-12)5-9(10)7-16-17-13-3-1-2-4-15-13/h1-7H,8H2,(H,15,17)/b16-7-. The van der Waals surface area contributed by atoms with Crippen LogP contribution in [0.4, 0.5) is 5.82 Å². The fraction of sp³-hybridized carbons (Fsp3) is 0.0769. The van der Waals surface area contributed by atoms with Crippen LogP contribution in [0.25, 0.3) is 0 Å². The van der Waals surface area contributed by atoms with Crippen LogP contribution in [-0.4, -0.2) is 18.0 Å². The molecule has 0 saturated carbocycles. The van der Waals surface area contributed by atoms with Crippen molar-refractivity contribution in [3.8, 4) is 11.5 Å². The molecule has 1 aliphatic rings. The van der Waals surface area contributed by atoms with Crippen LogP contribution in [0.15, 0.2) is 41.6 Å². The molecule has 0 saturated heterocycles. The Bertz CT molecular complexity index is 617. The number of nitrogens with zero attached hydrogens (tertiary/aromatic N) is 2. The predicted molar refractivity (Wildman–Crippen MR) is 73.0 cm³/mol. The number of hydrogen-bond donors (Lipinski definition) is 1. The minimum Gasteiger partial charge on any atom is -0.454 e. The van der Waals surface area contributed by atoms with Crippen molar-refractivity contribution in [2.24, 2.45) is 5.10 Å². The molecular formula is C13H10ClN3O2. The third kappa shape index (κ3) is 2.61. The molecule has 0 fully saturated rings. The Kier molecular flexibility index (Phi) is 3.20. The van der Waals surface area contributed by atoms with Crippen LogP contribution in [0.1, 0.15) is 5.56 Å². The van der Waals surface area contributed by atoms with Gasteiger partial charge in [0.05, 0.1) is 11.2 Å². The van der Waals surface area contributed by atoms with Gasteiger partial charge in [-0.2, -0.15) is 5.10 Å². The number of ether oxygens (including phenoxy) is 2. The van der Waals surface area contributed by atoms with Crippen LogP contribution in [0.3, 0.4) is 0 Å². The molecule has 2 heterocycles. The minimum absolute atomic E-state index is 0.221. The number of pyridine rings is 1. The number of hydrazone groups is 1. The molecule has 0 atom stereocenters.